The van der Waals surface area contributed by atoms with E-state index >= 15 is 0 Å². The summed E-state index contributed by atoms with van der Waals surface area (Å²) in [6.45, 7) is 0.111. The van der Waals surface area contributed by atoms with Gasteiger partial charge in [-0.05, 0) is 55.8 Å². The predicted molar refractivity (Wildman–Crippen MR) is 84.4 cm³/mol. The highest BCUT2D eigenvalue weighted by Gasteiger charge is 2.57. The number of rotatable bonds is 5. The molecule has 4 bridgehead atoms. The highest BCUT2D eigenvalue weighted by atomic mass is 79.9. The molecule has 0 spiro atoms. The fourth-order valence-electron chi connectivity index (χ4n) is 5.28. The van der Waals surface area contributed by atoms with Gasteiger partial charge < -0.3 is 5.32 Å². The molecular weight excluding hydrogens is 356 g/mol. The van der Waals surface area contributed by atoms with E-state index in [1.807, 2.05) is 0 Å². The molecule has 2 unspecified atom stereocenters. The summed E-state index contributed by atoms with van der Waals surface area (Å²) >= 11 is 3.93. The van der Waals surface area contributed by atoms with Gasteiger partial charge in [0.1, 0.15) is 0 Å². The van der Waals surface area contributed by atoms with E-state index in [9.17, 15) is 13.2 Å². The van der Waals surface area contributed by atoms with Gasteiger partial charge in [-0.15, -0.1) is 0 Å². The molecule has 0 aliphatic heterocycles. The van der Waals surface area contributed by atoms with E-state index in [0.29, 0.717) is 6.42 Å². The Morgan fingerprint density at radius 3 is 2.38 bits per heavy atom. The van der Waals surface area contributed by atoms with Gasteiger partial charge in [0.25, 0.3) is 0 Å². The minimum Gasteiger partial charge on any atom is -0.355 e. The van der Waals surface area contributed by atoms with Crippen molar-refractivity contribution < 1.29 is 13.2 Å². The zero-order valence-corrected chi connectivity index (χ0v) is 14.5. The lowest BCUT2D eigenvalue weighted by molar-refractivity contribution is -0.128. The summed E-state index contributed by atoms with van der Waals surface area (Å²) in [6.07, 6.45) is 7.73. The fourth-order valence-corrected chi connectivity index (χ4v) is 7.18. The molecule has 0 aromatic rings. The highest BCUT2D eigenvalue weighted by molar-refractivity contribution is 9.10. The molecule has 5 nitrogen and oxygen atoms in total. The second-order valence-corrected chi connectivity index (χ2v) is 10.9. The van der Waals surface area contributed by atoms with Crippen molar-refractivity contribution in [2.75, 3.05) is 12.3 Å². The number of nitrogens with one attached hydrogen (secondary N) is 1. The van der Waals surface area contributed by atoms with Crippen LogP contribution in [0.4, 0.5) is 0 Å². The molecule has 4 aliphatic carbocycles. The van der Waals surface area contributed by atoms with Crippen LogP contribution in [0.3, 0.4) is 0 Å². The van der Waals surface area contributed by atoms with Crippen molar-refractivity contribution in [2.24, 2.45) is 22.4 Å². The van der Waals surface area contributed by atoms with Gasteiger partial charge in [0, 0.05) is 17.3 Å². The zero-order valence-electron chi connectivity index (χ0n) is 12.1. The number of nitrogens with two attached hydrogens (primary N) is 1. The van der Waals surface area contributed by atoms with Gasteiger partial charge in [-0.2, -0.15) is 0 Å². The van der Waals surface area contributed by atoms with E-state index in [-0.39, 0.29) is 27.9 Å². The third kappa shape index (κ3) is 3.62. The van der Waals surface area contributed by atoms with Crippen LogP contribution in [0.5, 0.6) is 0 Å². The number of halogens is 1. The zero-order chi connectivity index (χ0) is 15.3. The summed E-state index contributed by atoms with van der Waals surface area (Å²) in [7, 11) is -3.51. The third-order valence-electron chi connectivity index (χ3n) is 5.36. The number of carbonyl (C=O) groups excluding carboxylic acids is 1. The summed E-state index contributed by atoms with van der Waals surface area (Å²) in [5.41, 5.74) is 0.124. The smallest absolute Gasteiger partial charge is 0.220 e. The van der Waals surface area contributed by atoms with E-state index in [2.05, 4.69) is 21.2 Å². The molecular formula is C14H23BrN2O3S. The van der Waals surface area contributed by atoms with Crippen LogP contribution in [-0.2, 0) is 14.8 Å². The van der Waals surface area contributed by atoms with Crippen molar-refractivity contribution in [3.05, 3.63) is 0 Å². The van der Waals surface area contributed by atoms with Crippen LogP contribution < -0.4 is 10.5 Å². The molecule has 0 saturated heterocycles. The Hall–Kier alpha value is -0.140. The lowest BCUT2D eigenvalue weighted by Gasteiger charge is -2.60. The largest absolute Gasteiger partial charge is 0.355 e. The number of hydrogen-bond acceptors (Lipinski definition) is 3. The number of primary sulfonamides is 1. The molecule has 1 amide bonds. The van der Waals surface area contributed by atoms with Gasteiger partial charge in [-0.1, -0.05) is 15.9 Å². The molecule has 0 heterocycles. The molecule has 4 aliphatic rings. The van der Waals surface area contributed by atoms with Crippen LogP contribution in [0.15, 0.2) is 0 Å². The third-order valence-corrected chi connectivity index (χ3v) is 7.06. The molecule has 4 saturated carbocycles. The molecule has 0 aromatic carbocycles. The summed E-state index contributed by atoms with van der Waals surface area (Å²) in [5, 5.41) is 7.65. The van der Waals surface area contributed by atoms with Gasteiger partial charge in [0.05, 0.1) is 5.75 Å². The lowest BCUT2D eigenvalue weighted by Crippen LogP contribution is -2.54. The second kappa shape index (κ2) is 5.20. The Kier molecular flexibility index (Phi) is 3.90. The minimum absolute atomic E-state index is 0.0308. The first-order chi connectivity index (χ1) is 9.67. The molecule has 7 heteroatoms. The molecule has 120 valence electrons. The lowest BCUT2D eigenvalue weighted by atomic mass is 9.48. The first-order valence-corrected chi connectivity index (χ1v) is 10.1. The first-order valence-electron chi connectivity index (χ1n) is 7.63. The molecule has 4 rings (SSSR count). The van der Waals surface area contributed by atoms with Gasteiger partial charge in [0.15, 0.2) is 0 Å². The van der Waals surface area contributed by atoms with Crippen molar-refractivity contribution in [1.29, 1.82) is 0 Å². The van der Waals surface area contributed by atoms with Crippen LogP contribution in [0.2, 0.25) is 0 Å². The highest BCUT2D eigenvalue weighted by Crippen LogP contribution is 2.65. The van der Waals surface area contributed by atoms with Crippen LogP contribution in [-0.4, -0.2) is 30.9 Å². The standard InChI is InChI=1S/C14H23BrN2O3S/c15-14-6-10-3-11(7-14)5-13(4-10,9-14)8-12(18)17-1-2-21(16,19)20/h10-11H,1-9H2,(H,17,18)(H2,16,19,20). The Labute approximate surface area is 134 Å². The van der Waals surface area contributed by atoms with Gasteiger partial charge in [-0.3, -0.25) is 4.79 Å². The van der Waals surface area contributed by atoms with E-state index in [1.165, 1.54) is 19.3 Å². The normalized spacial score (nSPS) is 41.2. The summed E-state index contributed by atoms with van der Waals surface area (Å²) in [4.78, 5) is 12.2. The van der Waals surface area contributed by atoms with Gasteiger partial charge in [-0.25, -0.2) is 13.6 Å². The predicted octanol–water partition coefficient (Wildman–Crippen LogP) is 1.52. The van der Waals surface area contributed by atoms with Crippen molar-refractivity contribution in [1.82, 2.24) is 5.32 Å². The monoisotopic (exact) mass is 378 g/mol. The van der Waals surface area contributed by atoms with E-state index in [1.54, 1.807) is 0 Å². The quantitative estimate of drug-likeness (QED) is 0.710. The number of amides is 1. The molecule has 0 radical (unpaired) electrons. The molecule has 2 atom stereocenters. The van der Waals surface area contributed by atoms with Crippen molar-refractivity contribution >= 4 is 31.9 Å². The minimum atomic E-state index is -3.51. The molecule has 4 fully saturated rings. The Morgan fingerprint density at radius 1 is 1.24 bits per heavy atom. The maximum Gasteiger partial charge on any atom is 0.220 e. The van der Waals surface area contributed by atoms with Crippen molar-refractivity contribution in [2.45, 2.75) is 49.3 Å². The maximum absolute atomic E-state index is 12.2. The summed E-state index contributed by atoms with van der Waals surface area (Å²) in [6, 6.07) is 0. The fraction of sp³-hybridized carbons (Fsp3) is 0.929. The van der Waals surface area contributed by atoms with Crippen molar-refractivity contribution in [3.63, 3.8) is 0 Å². The first kappa shape index (κ1) is 15.7. The number of hydrogen-bond donors (Lipinski definition) is 2. The van der Waals surface area contributed by atoms with E-state index < -0.39 is 10.0 Å². The van der Waals surface area contributed by atoms with E-state index in [4.69, 9.17) is 5.14 Å². The topological polar surface area (TPSA) is 89.3 Å². The SMILES string of the molecule is NS(=O)(=O)CCNC(=O)CC12CC3CC(CC(Br)(C3)C1)C2. The maximum atomic E-state index is 12.2. The summed E-state index contributed by atoms with van der Waals surface area (Å²) in [5.74, 6) is 1.28. The van der Waals surface area contributed by atoms with Crippen LogP contribution in [0.1, 0.15) is 44.9 Å². The molecule has 21 heavy (non-hydrogen) atoms. The number of alkyl halides is 1. The molecule has 3 N–H and O–H groups in total. The second-order valence-electron chi connectivity index (χ2n) is 7.51. The Morgan fingerprint density at radius 2 is 1.86 bits per heavy atom. The Balaban J connectivity index is 1.58. The van der Waals surface area contributed by atoms with Crippen LogP contribution in [0, 0.1) is 17.3 Å². The average molecular weight is 379 g/mol. The van der Waals surface area contributed by atoms with Crippen LogP contribution in [0.25, 0.3) is 0 Å². The summed E-state index contributed by atoms with van der Waals surface area (Å²) < 4.78 is 22.0. The van der Waals surface area contributed by atoms with E-state index in [0.717, 1.165) is 31.1 Å². The molecule has 0 aromatic heterocycles. The van der Waals surface area contributed by atoms with Gasteiger partial charge >= 0.3 is 0 Å². The number of sulfonamides is 1. The van der Waals surface area contributed by atoms with Gasteiger partial charge in [0.2, 0.25) is 15.9 Å². The number of carbonyl (C=O) groups is 1. The average Bonchev–Trinajstić information content (AvgIpc) is 2.21. The van der Waals surface area contributed by atoms with Crippen molar-refractivity contribution in [3.8, 4) is 0 Å². The van der Waals surface area contributed by atoms with Crippen LogP contribution >= 0.6 is 15.9 Å². The Bertz CT molecular complexity index is 534.